The summed E-state index contributed by atoms with van der Waals surface area (Å²) in [6.45, 7) is 3.60. The highest BCUT2D eigenvalue weighted by Gasteiger charge is 2.23. The number of carbonyl (C=O) groups excluding carboxylic acids is 1. The van der Waals surface area contributed by atoms with Crippen LogP contribution in [0.5, 0.6) is 0 Å². The van der Waals surface area contributed by atoms with Gasteiger partial charge in [0.2, 0.25) is 0 Å². The van der Waals surface area contributed by atoms with Gasteiger partial charge in [0, 0.05) is 38.3 Å². The van der Waals surface area contributed by atoms with Crippen molar-refractivity contribution in [3.8, 4) is 0 Å². The Kier molecular flexibility index (Phi) is 7.01. The highest BCUT2D eigenvalue weighted by atomic mass is 32.1. The van der Waals surface area contributed by atoms with Crippen molar-refractivity contribution in [3.05, 3.63) is 71.8 Å². The van der Waals surface area contributed by atoms with Crippen molar-refractivity contribution in [2.24, 2.45) is 0 Å². The molecule has 3 rings (SSSR count). The molecule has 1 amide bonds. The van der Waals surface area contributed by atoms with E-state index < -0.39 is 12.4 Å². The van der Waals surface area contributed by atoms with Crippen LogP contribution in [0.2, 0.25) is 0 Å². The van der Waals surface area contributed by atoms with Gasteiger partial charge < -0.3 is 25.0 Å². The van der Waals surface area contributed by atoms with E-state index >= 15 is 0 Å². The summed E-state index contributed by atoms with van der Waals surface area (Å²) < 4.78 is 11.4. The second-order valence-corrected chi connectivity index (χ2v) is 6.46. The normalized spacial score (nSPS) is 14.9. The number of nitrogens with one attached hydrogen (secondary N) is 2. The van der Waals surface area contributed by atoms with Gasteiger partial charge in [-0.05, 0) is 17.8 Å². The number of rotatable bonds is 5. The molecule has 0 radical (unpaired) electrons. The van der Waals surface area contributed by atoms with Crippen LogP contribution in [-0.4, -0.2) is 42.3 Å². The number of carbonyl (C=O) groups is 1. The largest absolute Gasteiger partial charge is 0.426 e. The molecule has 0 spiro atoms. The SMILES string of the molecule is O=C(NCc1ccccc1)OC(OC(=S)N1CCNCC1)c1ccccc1. The molecule has 142 valence electrons. The summed E-state index contributed by atoms with van der Waals surface area (Å²) in [6, 6.07) is 19.0. The van der Waals surface area contributed by atoms with Crippen LogP contribution in [0.4, 0.5) is 4.79 Å². The van der Waals surface area contributed by atoms with Crippen LogP contribution in [0.15, 0.2) is 60.7 Å². The Morgan fingerprint density at radius 2 is 1.67 bits per heavy atom. The molecule has 1 aliphatic heterocycles. The molecule has 1 saturated heterocycles. The fourth-order valence-electron chi connectivity index (χ4n) is 2.69. The molecule has 0 bridgehead atoms. The van der Waals surface area contributed by atoms with Crippen molar-refractivity contribution in [1.29, 1.82) is 0 Å². The highest BCUT2D eigenvalue weighted by Crippen LogP contribution is 2.20. The lowest BCUT2D eigenvalue weighted by Crippen LogP contribution is -2.47. The lowest BCUT2D eigenvalue weighted by Gasteiger charge is -2.31. The van der Waals surface area contributed by atoms with Gasteiger partial charge in [-0.3, -0.25) is 0 Å². The predicted molar refractivity (Wildman–Crippen MR) is 107 cm³/mol. The maximum atomic E-state index is 12.3. The summed E-state index contributed by atoms with van der Waals surface area (Å²) in [7, 11) is 0. The topological polar surface area (TPSA) is 62.8 Å². The number of amides is 1. The number of hydrogen-bond acceptors (Lipinski definition) is 5. The number of alkyl carbamates (subject to hydrolysis) is 1. The number of hydrogen-bond donors (Lipinski definition) is 2. The van der Waals surface area contributed by atoms with E-state index in [2.05, 4.69) is 10.6 Å². The summed E-state index contributed by atoms with van der Waals surface area (Å²) in [6.07, 6.45) is -1.46. The summed E-state index contributed by atoms with van der Waals surface area (Å²) in [5.74, 6) is 0. The van der Waals surface area contributed by atoms with Gasteiger partial charge >= 0.3 is 6.09 Å². The molecule has 1 heterocycles. The summed E-state index contributed by atoms with van der Waals surface area (Å²) >= 11 is 5.41. The smallest absolute Gasteiger partial charge is 0.410 e. The van der Waals surface area contributed by atoms with Crippen molar-refractivity contribution < 1.29 is 14.3 Å². The van der Waals surface area contributed by atoms with Gasteiger partial charge in [-0.25, -0.2) is 4.79 Å². The Bertz CT molecular complexity index is 737. The predicted octanol–water partition coefficient (Wildman–Crippen LogP) is 2.82. The first-order chi connectivity index (χ1) is 13.2. The number of nitrogens with zero attached hydrogens (tertiary/aromatic N) is 1. The molecular weight excluding hydrogens is 362 g/mol. The second kappa shape index (κ2) is 9.89. The van der Waals surface area contributed by atoms with E-state index in [1.165, 1.54) is 0 Å². The van der Waals surface area contributed by atoms with E-state index in [4.69, 9.17) is 21.7 Å². The minimum atomic E-state index is -0.899. The molecule has 0 aromatic heterocycles. The Morgan fingerprint density at radius 3 is 2.33 bits per heavy atom. The number of piperazine rings is 1. The monoisotopic (exact) mass is 385 g/mol. The molecule has 27 heavy (non-hydrogen) atoms. The first kappa shape index (κ1) is 19.1. The molecule has 7 heteroatoms. The molecule has 1 atom stereocenters. The van der Waals surface area contributed by atoms with E-state index in [0.717, 1.165) is 37.3 Å². The van der Waals surface area contributed by atoms with Crippen LogP contribution in [0.3, 0.4) is 0 Å². The molecular formula is C20H23N3O3S. The van der Waals surface area contributed by atoms with Gasteiger partial charge in [-0.15, -0.1) is 0 Å². The van der Waals surface area contributed by atoms with Crippen LogP contribution in [-0.2, 0) is 16.0 Å². The van der Waals surface area contributed by atoms with Crippen LogP contribution >= 0.6 is 12.2 Å². The van der Waals surface area contributed by atoms with Gasteiger partial charge in [0.15, 0.2) is 0 Å². The minimum Gasteiger partial charge on any atom is -0.426 e. The Balaban J connectivity index is 1.61. The van der Waals surface area contributed by atoms with Crippen LogP contribution in [0.25, 0.3) is 0 Å². The average Bonchev–Trinajstić information content (AvgIpc) is 2.74. The van der Waals surface area contributed by atoms with Gasteiger partial charge in [-0.1, -0.05) is 60.7 Å². The maximum absolute atomic E-state index is 12.3. The molecule has 1 unspecified atom stereocenters. The zero-order valence-corrected chi connectivity index (χ0v) is 15.8. The Labute approximate surface area is 164 Å². The van der Waals surface area contributed by atoms with E-state index in [-0.39, 0.29) is 0 Å². The fourth-order valence-corrected chi connectivity index (χ4v) is 2.96. The van der Waals surface area contributed by atoms with E-state index in [1.807, 2.05) is 65.6 Å². The Hall–Kier alpha value is -2.64. The van der Waals surface area contributed by atoms with E-state index in [0.29, 0.717) is 11.7 Å². The van der Waals surface area contributed by atoms with Crippen molar-refractivity contribution in [2.45, 2.75) is 12.8 Å². The third-order valence-electron chi connectivity index (χ3n) is 4.15. The second-order valence-electron chi connectivity index (χ2n) is 6.11. The lowest BCUT2D eigenvalue weighted by atomic mass is 10.2. The molecule has 1 fully saturated rings. The number of ether oxygens (including phenoxy) is 2. The van der Waals surface area contributed by atoms with Crippen LogP contribution in [0, 0.1) is 0 Å². The highest BCUT2D eigenvalue weighted by molar-refractivity contribution is 7.80. The Morgan fingerprint density at radius 1 is 1.04 bits per heavy atom. The lowest BCUT2D eigenvalue weighted by molar-refractivity contribution is -0.0511. The molecule has 2 aromatic carbocycles. The third-order valence-corrected chi connectivity index (χ3v) is 4.50. The zero-order valence-electron chi connectivity index (χ0n) is 15.0. The molecule has 1 aliphatic rings. The van der Waals surface area contributed by atoms with Crippen LogP contribution in [0.1, 0.15) is 17.4 Å². The summed E-state index contributed by atoms with van der Waals surface area (Å²) in [5, 5.41) is 6.35. The van der Waals surface area contributed by atoms with Crippen molar-refractivity contribution >= 4 is 23.5 Å². The average molecular weight is 385 g/mol. The maximum Gasteiger partial charge on any atom is 0.410 e. The number of thiocarbonyl (C=S) groups is 1. The molecule has 6 nitrogen and oxygen atoms in total. The van der Waals surface area contributed by atoms with Gasteiger partial charge in [0.25, 0.3) is 11.5 Å². The quantitative estimate of drug-likeness (QED) is 0.610. The molecule has 2 aromatic rings. The van der Waals surface area contributed by atoms with E-state index in [1.54, 1.807) is 0 Å². The zero-order chi connectivity index (χ0) is 18.9. The molecule has 0 saturated carbocycles. The number of benzene rings is 2. The summed E-state index contributed by atoms with van der Waals surface area (Å²) in [5.41, 5.74) is 1.72. The minimum absolute atomic E-state index is 0.334. The first-order valence-corrected chi connectivity index (χ1v) is 9.33. The van der Waals surface area contributed by atoms with Crippen molar-refractivity contribution in [3.63, 3.8) is 0 Å². The third kappa shape index (κ3) is 5.94. The van der Waals surface area contributed by atoms with E-state index in [9.17, 15) is 4.79 Å². The molecule has 2 N–H and O–H groups in total. The molecule has 0 aliphatic carbocycles. The van der Waals surface area contributed by atoms with Gasteiger partial charge in [-0.2, -0.15) is 0 Å². The van der Waals surface area contributed by atoms with Crippen LogP contribution < -0.4 is 10.6 Å². The summed E-state index contributed by atoms with van der Waals surface area (Å²) in [4.78, 5) is 14.2. The van der Waals surface area contributed by atoms with Crippen molar-refractivity contribution in [1.82, 2.24) is 15.5 Å². The standard InChI is InChI=1S/C20H23N3O3S/c24-19(22-15-16-7-3-1-4-8-16)25-18(17-9-5-2-6-10-17)26-20(27)23-13-11-21-12-14-23/h1-10,18,21H,11-15H2,(H,22,24). The first-order valence-electron chi connectivity index (χ1n) is 8.92. The van der Waals surface area contributed by atoms with Crippen molar-refractivity contribution in [2.75, 3.05) is 26.2 Å². The van der Waals surface area contributed by atoms with Gasteiger partial charge in [0.1, 0.15) is 0 Å². The van der Waals surface area contributed by atoms with Gasteiger partial charge in [0.05, 0.1) is 0 Å². The fraction of sp³-hybridized carbons (Fsp3) is 0.300.